The van der Waals surface area contributed by atoms with Crippen molar-refractivity contribution in [1.82, 2.24) is 4.98 Å². The van der Waals surface area contributed by atoms with E-state index in [1.807, 2.05) is 6.92 Å². The van der Waals surface area contributed by atoms with Gasteiger partial charge in [-0.25, -0.2) is 9.18 Å². The molecule has 1 aromatic heterocycles. The van der Waals surface area contributed by atoms with Gasteiger partial charge in [0.05, 0.1) is 16.6 Å². The van der Waals surface area contributed by atoms with Crippen molar-refractivity contribution < 1.29 is 37.7 Å². The molecule has 0 atom stereocenters. The van der Waals surface area contributed by atoms with Crippen LogP contribution < -0.4 is 0 Å². The van der Waals surface area contributed by atoms with E-state index in [-0.39, 0.29) is 39.0 Å². The number of nitrogens with one attached hydrogen (secondary N) is 1. The Morgan fingerprint density at radius 1 is 0.878 bits per heavy atom. The molecule has 0 spiro atoms. The van der Waals surface area contributed by atoms with Gasteiger partial charge < -0.3 is 20.3 Å². The lowest BCUT2D eigenvalue weighted by molar-refractivity contribution is -0.137. The van der Waals surface area contributed by atoms with Crippen LogP contribution in [0.5, 0.6) is 11.6 Å². The molecule has 0 fully saturated rings. The Balaban J connectivity index is 1.61. The summed E-state index contributed by atoms with van der Waals surface area (Å²) < 4.78 is 56.3. The number of carbonyl (C=O) groups is 1. The number of halogens is 4. The minimum absolute atomic E-state index is 0.00139. The first-order chi connectivity index (χ1) is 19.4. The number of H-pyrrole nitrogens is 1. The topological polar surface area (TPSA) is 118 Å². The van der Waals surface area contributed by atoms with Gasteiger partial charge in [0.15, 0.2) is 11.4 Å². The zero-order valence-corrected chi connectivity index (χ0v) is 21.5. The summed E-state index contributed by atoms with van der Waals surface area (Å²) in [6.45, 7) is 3.63. The maximum absolute atomic E-state index is 14.2. The van der Waals surface area contributed by atoms with Crippen LogP contribution in [0.3, 0.4) is 0 Å². The van der Waals surface area contributed by atoms with Crippen molar-refractivity contribution in [3.8, 4) is 33.9 Å². The number of carboxylic acids is 1. The number of benzene rings is 4. The third kappa shape index (κ3) is 4.97. The van der Waals surface area contributed by atoms with Crippen LogP contribution in [0.4, 0.5) is 28.9 Å². The molecule has 4 N–H and O–H groups in total. The summed E-state index contributed by atoms with van der Waals surface area (Å²) in [7, 11) is 0. The molecule has 0 saturated heterocycles. The largest absolute Gasteiger partial charge is 0.505 e. The van der Waals surface area contributed by atoms with Crippen LogP contribution in [-0.2, 0) is 6.18 Å². The van der Waals surface area contributed by atoms with Crippen molar-refractivity contribution >= 4 is 28.2 Å². The molecule has 11 heteroatoms. The van der Waals surface area contributed by atoms with Gasteiger partial charge in [0, 0.05) is 16.5 Å². The van der Waals surface area contributed by atoms with E-state index in [0.29, 0.717) is 5.56 Å². The van der Waals surface area contributed by atoms with Crippen molar-refractivity contribution in [2.45, 2.75) is 20.0 Å². The number of para-hydroxylation sites is 1. The van der Waals surface area contributed by atoms with Crippen molar-refractivity contribution in [2.75, 3.05) is 0 Å². The monoisotopic (exact) mass is 563 g/mol. The number of aryl methyl sites for hydroxylation is 2. The van der Waals surface area contributed by atoms with E-state index in [4.69, 9.17) is 5.11 Å². The second-order valence-electron chi connectivity index (χ2n) is 9.40. The van der Waals surface area contributed by atoms with Gasteiger partial charge in [0.2, 0.25) is 5.88 Å². The van der Waals surface area contributed by atoms with Gasteiger partial charge in [-0.1, -0.05) is 36.4 Å². The summed E-state index contributed by atoms with van der Waals surface area (Å²) in [6, 6.07) is 14.7. The fraction of sp³-hybridized carbons (Fsp3) is 0.100. The molecule has 7 nitrogen and oxygen atoms in total. The zero-order valence-electron chi connectivity index (χ0n) is 21.5. The first-order valence-corrected chi connectivity index (χ1v) is 12.2. The Hall–Kier alpha value is -5.19. The SMILES string of the molecule is Cc1ccc(-c2c(C(F)(F)F)ccc3c(N=Nc4cccc(-c5ccc(C(=O)O)c(F)c5)c4O)c(O)[nH]c23)cc1C. The Morgan fingerprint density at radius 3 is 2.27 bits per heavy atom. The molecule has 5 rings (SSSR count). The fourth-order valence-corrected chi connectivity index (χ4v) is 4.57. The normalized spacial score (nSPS) is 12.0. The van der Waals surface area contributed by atoms with Gasteiger partial charge in [-0.3, -0.25) is 0 Å². The van der Waals surface area contributed by atoms with E-state index in [1.54, 1.807) is 25.1 Å². The number of rotatable bonds is 5. The lowest BCUT2D eigenvalue weighted by atomic mass is 9.94. The standard InChI is InChI=1S/C30H21F4N3O4/c1-14-6-7-17(12-15(14)2)24-21(30(32,33)34)11-10-20-25(24)35-28(39)26(20)37-36-23-5-3-4-18(27(23)38)16-8-9-19(29(40)41)22(31)13-16/h3-13,35,38-39H,1-2H3,(H,40,41). The summed E-state index contributed by atoms with van der Waals surface area (Å²) in [6.07, 6.45) is -4.68. The summed E-state index contributed by atoms with van der Waals surface area (Å²) in [5.74, 6) is -3.38. The lowest BCUT2D eigenvalue weighted by Crippen LogP contribution is -2.07. The molecule has 0 aliphatic heterocycles. The highest BCUT2D eigenvalue weighted by Crippen LogP contribution is 2.47. The number of fused-ring (bicyclic) bond motifs is 1. The van der Waals surface area contributed by atoms with E-state index in [9.17, 15) is 32.6 Å². The summed E-state index contributed by atoms with van der Waals surface area (Å²) in [4.78, 5) is 13.7. The fourth-order valence-electron chi connectivity index (χ4n) is 4.57. The third-order valence-electron chi connectivity index (χ3n) is 6.81. The number of aromatic amines is 1. The molecule has 0 radical (unpaired) electrons. The Kier molecular flexibility index (Phi) is 6.74. The molecule has 0 saturated carbocycles. The maximum atomic E-state index is 14.2. The van der Waals surface area contributed by atoms with Crippen LogP contribution in [-0.4, -0.2) is 26.3 Å². The first kappa shape index (κ1) is 27.4. The van der Waals surface area contributed by atoms with Gasteiger partial charge in [-0.2, -0.15) is 13.2 Å². The van der Waals surface area contributed by atoms with E-state index >= 15 is 0 Å². The van der Waals surface area contributed by atoms with E-state index in [1.165, 1.54) is 30.3 Å². The molecule has 1 heterocycles. The molecule has 4 aromatic carbocycles. The zero-order chi connectivity index (χ0) is 29.6. The third-order valence-corrected chi connectivity index (χ3v) is 6.81. The molecule has 0 aliphatic rings. The number of nitrogens with zero attached hydrogens (tertiary/aromatic N) is 2. The van der Waals surface area contributed by atoms with Gasteiger partial charge in [0.25, 0.3) is 0 Å². The molecule has 5 aromatic rings. The predicted molar refractivity (Wildman–Crippen MR) is 145 cm³/mol. The maximum Gasteiger partial charge on any atom is 0.417 e. The average Bonchev–Trinajstić information content (AvgIpc) is 3.23. The highest BCUT2D eigenvalue weighted by atomic mass is 19.4. The quantitative estimate of drug-likeness (QED) is 0.126. The smallest absolute Gasteiger partial charge is 0.417 e. The number of aromatic carboxylic acids is 1. The van der Waals surface area contributed by atoms with Gasteiger partial charge in [-0.15, -0.1) is 10.2 Å². The van der Waals surface area contributed by atoms with E-state index in [0.717, 1.165) is 29.3 Å². The van der Waals surface area contributed by atoms with E-state index in [2.05, 4.69) is 15.2 Å². The highest BCUT2D eigenvalue weighted by Gasteiger charge is 2.35. The van der Waals surface area contributed by atoms with Gasteiger partial charge in [0.1, 0.15) is 11.5 Å². The van der Waals surface area contributed by atoms with Crippen LogP contribution in [0.15, 0.2) is 77.0 Å². The number of alkyl halides is 3. The minimum atomic E-state index is -4.68. The van der Waals surface area contributed by atoms with Crippen molar-refractivity contribution in [1.29, 1.82) is 0 Å². The van der Waals surface area contributed by atoms with Gasteiger partial charge in [-0.05, 0) is 66.4 Å². The Labute approximate surface area is 230 Å². The molecule has 0 unspecified atom stereocenters. The van der Waals surface area contributed by atoms with E-state index < -0.39 is 40.7 Å². The number of aromatic hydroxyl groups is 2. The lowest BCUT2D eigenvalue weighted by Gasteiger charge is -2.15. The summed E-state index contributed by atoms with van der Waals surface area (Å²) in [5, 5.41) is 38.7. The minimum Gasteiger partial charge on any atom is -0.505 e. The number of carboxylic acid groups (broad SMARTS) is 1. The molecule has 0 amide bonds. The molecular formula is C30H21F4N3O4. The predicted octanol–water partition coefficient (Wildman–Crippen LogP) is 8.80. The number of phenols is 1. The van der Waals surface area contributed by atoms with Gasteiger partial charge >= 0.3 is 12.1 Å². The van der Waals surface area contributed by atoms with Crippen LogP contribution in [0.2, 0.25) is 0 Å². The van der Waals surface area contributed by atoms with Crippen LogP contribution in [0.25, 0.3) is 33.2 Å². The highest BCUT2D eigenvalue weighted by molar-refractivity contribution is 6.04. The van der Waals surface area contributed by atoms with Crippen molar-refractivity contribution in [3.63, 3.8) is 0 Å². The molecule has 41 heavy (non-hydrogen) atoms. The number of hydrogen-bond acceptors (Lipinski definition) is 5. The number of azo groups is 1. The Morgan fingerprint density at radius 2 is 1.61 bits per heavy atom. The molecule has 208 valence electrons. The van der Waals surface area contributed by atoms with Crippen molar-refractivity contribution in [2.24, 2.45) is 10.2 Å². The first-order valence-electron chi connectivity index (χ1n) is 12.2. The molecule has 0 bridgehead atoms. The second-order valence-corrected chi connectivity index (χ2v) is 9.40. The molecule has 0 aliphatic carbocycles. The van der Waals surface area contributed by atoms with Crippen LogP contribution in [0, 0.1) is 19.7 Å². The summed E-state index contributed by atoms with van der Waals surface area (Å²) in [5.41, 5.74) is 0.465. The molecular weight excluding hydrogens is 542 g/mol. The average molecular weight is 564 g/mol. The van der Waals surface area contributed by atoms with Crippen LogP contribution in [0.1, 0.15) is 27.0 Å². The Bertz CT molecular complexity index is 1880. The number of aromatic nitrogens is 1. The number of hydrogen-bond donors (Lipinski definition) is 4. The second kappa shape index (κ2) is 10.1. The summed E-state index contributed by atoms with van der Waals surface area (Å²) >= 11 is 0. The van der Waals surface area contributed by atoms with Crippen LogP contribution >= 0.6 is 0 Å². The number of phenolic OH excluding ortho intramolecular Hbond substituents is 1. The van der Waals surface area contributed by atoms with Crippen molar-refractivity contribution in [3.05, 3.63) is 94.8 Å².